The summed E-state index contributed by atoms with van der Waals surface area (Å²) < 4.78 is 0.930. The smallest absolute Gasteiger partial charge is 0.172 e. The van der Waals surface area contributed by atoms with Gasteiger partial charge >= 0.3 is 0 Å². The average Bonchev–Trinajstić information content (AvgIpc) is 2.86. The van der Waals surface area contributed by atoms with Crippen molar-refractivity contribution in [2.24, 2.45) is 16.8 Å². The van der Waals surface area contributed by atoms with E-state index in [-0.39, 0.29) is 5.84 Å². The summed E-state index contributed by atoms with van der Waals surface area (Å²) in [7, 11) is 0. The second kappa shape index (κ2) is 5.61. The van der Waals surface area contributed by atoms with Crippen LogP contribution in [0.25, 0.3) is 0 Å². The van der Waals surface area contributed by atoms with Gasteiger partial charge in [0.15, 0.2) is 5.84 Å². The third-order valence-electron chi connectivity index (χ3n) is 3.55. The molecule has 1 atom stereocenters. The van der Waals surface area contributed by atoms with Gasteiger partial charge in [-0.05, 0) is 30.5 Å². The molecule has 0 aliphatic carbocycles. The lowest BCUT2D eigenvalue weighted by molar-refractivity contribution is 0.318. The minimum absolute atomic E-state index is 0.159. The van der Waals surface area contributed by atoms with Crippen LogP contribution in [0.1, 0.15) is 25.3 Å². The number of hydrogen-bond acceptors (Lipinski definition) is 3. The van der Waals surface area contributed by atoms with Crippen molar-refractivity contribution in [2.45, 2.75) is 19.8 Å². The summed E-state index contributed by atoms with van der Waals surface area (Å²) in [6, 6.07) is 5.90. The van der Waals surface area contributed by atoms with Crippen LogP contribution in [0.2, 0.25) is 0 Å². The van der Waals surface area contributed by atoms with E-state index in [0.29, 0.717) is 0 Å². The Morgan fingerprint density at radius 3 is 3.00 bits per heavy atom. The molecule has 0 spiro atoms. The molecular formula is C13H18BrN3O. The molecule has 0 radical (unpaired) electrons. The number of nitrogens with two attached hydrogens (primary N) is 1. The molecule has 5 heteroatoms. The van der Waals surface area contributed by atoms with Crippen LogP contribution < -0.4 is 10.6 Å². The van der Waals surface area contributed by atoms with E-state index in [1.165, 1.54) is 12.8 Å². The monoisotopic (exact) mass is 311 g/mol. The molecule has 98 valence electrons. The Morgan fingerprint density at radius 2 is 2.39 bits per heavy atom. The molecule has 1 unspecified atom stereocenters. The van der Waals surface area contributed by atoms with Gasteiger partial charge in [-0.3, -0.25) is 0 Å². The van der Waals surface area contributed by atoms with Crippen LogP contribution in [0.15, 0.2) is 27.8 Å². The minimum atomic E-state index is 0.159. The Morgan fingerprint density at radius 1 is 1.61 bits per heavy atom. The van der Waals surface area contributed by atoms with Crippen LogP contribution in [0.5, 0.6) is 0 Å². The summed E-state index contributed by atoms with van der Waals surface area (Å²) in [6.07, 6.45) is 2.41. The van der Waals surface area contributed by atoms with Crippen LogP contribution in [-0.2, 0) is 0 Å². The van der Waals surface area contributed by atoms with Crippen LogP contribution in [0.3, 0.4) is 0 Å². The molecule has 1 fully saturated rings. The number of oxime groups is 1. The molecule has 0 aromatic heterocycles. The van der Waals surface area contributed by atoms with Gasteiger partial charge in [0.1, 0.15) is 0 Å². The Balaban J connectivity index is 2.33. The molecule has 2 rings (SSSR count). The van der Waals surface area contributed by atoms with Gasteiger partial charge in [0, 0.05) is 28.8 Å². The third-order valence-corrected chi connectivity index (χ3v) is 4.04. The molecule has 1 aliphatic heterocycles. The molecule has 0 amide bonds. The number of nitrogens with zero attached hydrogens (tertiary/aromatic N) is 2. The zero-order valence-corrected chi connectivity index (χ0v) is 12.0. The molecule has 3 N–H and O–H groups in total. The van der Waals surface area contributed by atoms with Gasteiger partial charge in [0.25, 0.3) is 0 Å². The van der Waals surface area contributed by atoms with Crippen molar-refractivity contribution >= 4 is 27.5 Å². The summed E-state index contributed by atoms with van der Waals surface area (Å²) in [5.41, 5.74) is 7.58. The third kappa shape index (κ3) is 2.61. The van der Waals surface area contributed by atoms with Crippen molar-refractivity contribution in [3.63, 3.8) is 0 Å². The van der Waals surface area contributed by atoms with Gasteiger partial charge in [-0.25, -0.2) is 0 Å². The highest BCUT2D eigenvalue weighted by molar-refractivity contribution is 9.10. The maximum absolute atomic E-state index is 8.87. The Kier molecular flexibility index (Phi) is 4.11. The summed E-state index contributed by atoms with van der Waals surface area (Å²) >= 11 is 3.42. The quantitative estimate of drug-likeness (QED) is 0.390. The van der Waals surface area contributed by atoms with Crippen molar-refractivity contribution in [1.82, 2.24) is 0 Å². The van der Waals surface area contributed by atoms with Crippen molar-refractivity contribution < 1.29 is 5.21 Å². The van der Waals surface area contributed by atoms with Gasteiger partial charge in [-0.1, -0.05) is 34.4 Å². The maximum Gasteiger partial charge on any atom is 0.172 e. The van der Waals surface area contributed by atoms with E-state index in [4.69, 9.17) is 10.9 Å². The molecule has 4 nitrogen and oxygen atoms in total. The second-order valence-corrected chi connectivity index (χ2v) is 5.57. The van der Waals surface area contributed by atoms with Gasteiger partial charge in [-0.2, -0.15) is 0 Å². The van der Waals surface area contributed by atoms with Crippen LogP contribution in [0, 0.1) is 5.92 Å². The van der Waals surface area contributed by atoms with E-state index >= 15 is 0 Å². The number of benzene rings is 1. The highest BCUT2D eigenvalue weighted by Crippen LogP contribution is 2.30. The topological polar surface area (TPSA) is 61.8 Å². The molecule has 1 aromatic rings. The zero-order valence-electron chi connectivity index (χ0n) is 10.4. The fourth-order valence-corrected chi connectivity index (χ4v) is 2.79. The number of anilines is 1. The van der Waals surface area contributed by atoms with E-state index < -0.39 is 0 Å². The second-order valence-electron chi connectivity index (χ2n) is 4.66. The molecular weight excluding hydrogens is 294 g/mol. The van der Waals surface area contributed by atoms with E-state index in [9.17, 15) is 0 Å². The predicted molar refractivity (Wildman–Crippen MR) is 77.3 cm³/mol. The molecule has 0 saturated carbocycles. The highest BCUT2D eigenvalue weighted by Gasteiger charge is 2.23. The Bertz CT molecular complexity index is 462. The number of rotatable bonds is 3. The van der Waals surface area contributed by atoms with Gasteiger partial charge < -0.3 is 15.8 Å². The minimum Gasteiger partial charge on any atom is -0.409 e. The van der Waals surface area contributed by atoms with Crippen molar-refractivity contribution in [2.75, 3.05) is 18.0 Å². The van der Waals surface area contributed by atoms with Crippen molar-refractivity contribution in [3.8, 4) is 0 Å². The van der Waals surface area contributed by atoms with E-state index in [1.54, 1.807) is 0 Å². The van der Waals surface area contributed by atoms with E-state index in [1.807, 2.05) is 18.2 Å². The lowest BCUT2D eigenvalue weighted by Gasteiger charge is -2.21. The summed E-state index contributed by atoms with van der Waals surface area (Å²) in [5, 5.41) is 12.0. The largest absolute Gasteiger partial charge is 0.409 e. The first-order chi connectivity index (χ1) is 8.65. The van der Waals surface area contributed by atoms with Gasteiger partial charge in [0.05, 0.1) is 0 Å². The highest BCUT2D eigenvalue weighted by atomic mass is 79.9. The first-order valence-corrected chi connectivity index (χ1v) is 6.97. The zero-order chi connectivity index (χ0) is 13.1. The van der Waals surface area contributed by atoms with E-state index in [2.05, 4.69) is 32.9 Å². The Hall–Kier alpha value is -1.23. The van der Waals surface area contributed by atoms with Gasteiger partial charge in [0.2, 0.25) is 0 Å². The van der Waals surface area contributed by atoms with Crippen molar-refractivity contribution in [1.29, 1.82) is 0 Å². The molecule has 1 aromatic carbocycles. The lowest BCUT2D eigenvalue weighted by atomic mass is 10.1. The molecule has 1 saturated heterocycles. The number of halogens is 1. The predicted octanol–water partition coefficient (Wildman–Crippen LogP) is 2.78. The molecule has 0 bridgehead atoms. The standard InChI is InChI=1S/C13H18BrN3O/c1-2-9-5-6-17(8-9)12-4-3-10(14)7-11(12)13(15)16-18/h3-4,7,9,18H,2,5-6,8H2,1H3,(H2,15,16). The first kappa shape index (κ1) is 13.2. The fourth-order valence-electron chi connectivity index (χ4n) is 2.43. The van der Waals surface area contributed by atoms with Gasteiger partial charge in [-0.15, -0.1) is 0 Å². The molecule has 1 heterocycles. The van der Waals surface area contributed by atoms with Crippen LogP contribution in [0.4, 0.5) is 5.69 Å². The summed E-state index contributed by atoms with van der Waals surface area (Å²) in [4.78, 5) is 2.31. The van der Waals surface area contributed by atoms with E-state index in [0.717, 1.165) is 34.7 Å². The van der Waals surface area contributed by atoms with Crippen LogP contribution in [-0.4, -0.2) is 24.1 Å². The maximum atomic E-state index is 8.87. The number of hydrogen-bond donors (Lipinski definition) is 2. The first-order valence-electron chi connectivity index (χ1n) is 6.18. The lowest BCUT2D eigenvalue weighted by Crippen LogP contribution is -2.24. The molecule has 1 aliphatic rings. The van der Waals surface area contributed by atoms with Crippen molar-refractivity contribution in [3.05, 3.63) is 28.2 Å². The summed E-state index contributed by atoms with van der Waals surface area (Å²) in [5.74, 6) is 0.903. The molecule has 18 heavy (non-hydrogen) atoms. The average molecular weight is 312 g/mol. The fraction of sp³-hybridized carbons (Fsp3) is 0.462. The number of amidine groups is 1. The SMILES string of the molecule is CCC1CCN(c2ccc(Br)cc2/C(N)=N/O)C1. The summed E-state index contributed by atoms with van der Waals surface area (Å²) in [6.45, 7) is 4.30. The van der Waals surface area contributed by atoms with Crippen LogP contribution >= 0.6 is 15.9 Å². The normalized spacial score (nSPS) is 20.4. The Labute approximate surface area is 116 Å².